The van der Waals surface area contributed by atoms with E-state index < -0.39 is 5.97 Å². The molecule has 1 fully saturated rings. The first-order valence-corrected chi connectivity index (χ1v) is 12.3. The molecule has 0 heterocycles. The van der Waals surface area contributed by atoms with E-state index in [2.05, 4.69) is 54.6 Å². The average Bonchev–Trinajstić information content (AvgIpc) is 2.86. The van der Waals surface area contributed by atoms with E-state index in [1.54, 1.807) is 7.11 Å². The molecule has 0 aromatic heterocycles. The van der Waals surface area contributed by atoms with Gasteiger partial charge in [-0.3, -0.25) is 15.1 Å². The lowest BCUT2D eigenvalue weighted by atomic mass is 9.83. The molecule has 0 spiro atoms. The van der Waals surface area contributed by atoms with Crippen molar-refractivity contribution in [3.63, 3.8) is 0 Å². The standard InChI is InChI=1S/C28H38N2O4/c1-4-22-17-24(11-12-25(22)18-29-15-14-28(31)32)20(2)30-34-19-21-10-13-26(27(16-21)33-3)23-8-6-5-7-9-23/h10-13,16-17,23,29-30H,2,4-9,14-15,18-19H2,1,3H3,(H,31,32). The zero-order chi connectivity index (χ0) is 24.3. The van der Waals surface area contributed by atoms with Crippen LogP contribution in [0.2, 0.25) is 0 Å². The molecule has 0 radical (unpaired) electrons. The van der Waals surface area contributed by atoms with Crippen LogP contribution < -0.4 is 15.5 Å². The van der Waals surface area contributed by atoms with Crippen LogP contribution in [0.3, 0.4) is 0 Å². The van der Waals surface area contributed by atoms with E-state index in [4.69, 9.17) is 14.7 Å². The number of hydrogen-bond acceptors (Lipinski definition) is 5. The lowest BCUT2D eigenvalue weighted by Gasteiger charge is -2.24. The highest BCUT2D eigenvalue weighted by molar-refractivity contribution is 5.66. The number of carboxylic acid groups (broad SMARTS) is 1. The first-order valence-electron chi connectivity index (χ1n) is 12.3. The fourth-order valence-electron chi connectivity index (χ4n) is 4.60. The number of hydrogen-bond donors (Lipinski definition) is 3. The van der Waals surface area contributed by atoms with E-state index in [0.717, 1.165) is 28.9 Å². The van der Waals surface area contributed by atoms with Crippen molar-refractivity contribution in [2.45, 2.75) is 70.9 Å². The van der Waals surface area contributed by atoms with Crippen molar-refractivity contribution in [3.8, 4) is 5.75 Å². The molecular weight excluding hydrogens is 428 g/mol. The zero-order valence-corrected chi connectivity index (χ0v) is 20.5. The Labute approximate surface area is 203 Å². The Balaban J connectivity index is 1.53. The predicted molar refractivity (Wildman–Crippen MR) is 136 cm³/mol. The van der Waals surface area contributed by atoms with Crippen molar-refractivity contribution in [1.82, 2.24) is 10.8 Å². The van der Waals surface area contributed by atoms with E-state index in [0.29, 0.717) is 31.3 Å². The SMILES string of the molecule is C=C(NOCc1ccc(C2CCCCC2)c(OC)c1)c1ccc(CNCCC(=O)O)c(CC)c1. The summed E-state index contributed by atoms with van der Waals surface area (Å²) < 4.78 is 5.69. The van der Waals surface area contributed by atoms with Gasteiger partial charge in [-0.25, -0.2) is 0 Å². The first-order chi connectivity index (χ1) is 16.5. The summed E-state index contributed by atoms with van der Waals surface area (Å²) in [5, 5.41) is 12.0. The third-order valence-corrected chi connectivity index (χ3v) is 6.54. The number of aryl methyl sites for hydroxylation is 1. The predicted octanol–water partition coefficient (Wildman–Crippen LogP) is 5.56. The highest BCUT2D eigenvalue weighted by Crippen LogP contribution is 2.37. The molecule has 184 valence electrons. The van der Waals surface area contributed by atoms with Crippen molar-refractivity contribution in [2.24, 2.45) is 0 Å². The quantitative estimate of drug-likeness (QED) is 0.265. The van der Waals surface area contributed by atoms with Crippen molar-refractivity contribution >= 4 is 11.7 Å². The van der Waals surface area contributed by atoms with Gasteiger partial charge in [0.2, 0.25) is 0 Å². The summed E-state index contributed by atoms with van der Waals surface area (Å²) in [4.78, 5) is 16.4. The van der Waals surface area contributed by atoms with Crippen LogP contribution in [-0.4, -0.2) is 24.7 Å². The minimum atomic E-state index is -0.792. The molecule has 0 saturated heterocycles. The molecule has 1 saturated carbocycles. The molecule has 2 aromatic carbocycles. The average molecular weight is 467 g/mol. The molecule has 1 aliphatic carbocycles. The van der Waals surface area contributed by atoms with Crippen LogP contribution >= 0.6 is 0 Å². The Morgan fingerprint density at radius 3 is 2.62 bits per heavy atom. The molecule has 0 aliphatic heterocycles. The smallest absolute Gasteiger partial charge is 0.304 e. The van der Waals surface area contributed by atoms with E-state index in [9.17, 15) is 4.79 Å². The van der Waals surface area contributed by atoms with E-state index in [1.165, 1.54) is 43.2 Å². The molecule has 0 amide bonds. The minimum Gasteiger partial charge on any atom is -0.496 e. The van der Waals surface area contributed by atoms with Gasteiger partial charge in [-0.15, -0.1) is 0 Å². The summed E-state index contributed by atoms with van der Waals surface area (Å²) in [6, 6.07) is 12.6. The lowest BCUT2D eigenvalue weighted by Crippen LogP contribution is -2.18. The Morgan fingerprint density at radius 2 is 1.91 bits per heavy atom. The summed E-state index contributed by atoms with van der Waals surface area (Å²) in [6.07, 6.45) is 7.42. The van der Waals surface area contributed by atoms with Gasteiger partial charge in [0, 0.05) is 13.1 Å². The number of ether oxygens (including phenoxy) is 1. The van der Waals surface area contributed by atoms with Crippen LogP contribution in [0, 0.1) is 0 Å². The van der Waals surface area contributed by atoms with E-state index in [-0.39, 0.29) is 6.42 Å². The van der Waals surface area contributed by atoms with Crippen LogP contribution in [-0.2, 0) is 29.2 Å². The number of rotatable bonds is 13. The molecule has 0 bridgehead atoms. The van der Waals surface area contributed by atoms with Gasteiger partial charge in [0.05, 0.1) is 25.8 Å². The monoisotopic (exact) mass is 466 g/mol. The van der Waals surface area contributed by atoms with Gasteiger partial charge in [0.25, 0.3) is 0 Å². The summed E-state index contributed by atoms with van der Waals surface area (Å²) in [5.74, 6) is 0.756. The van der Waals surface area contributed by atoms with Gasteiger partial charge in [-0.1, -0.05) is 57.0 Å². The van der Waals surface area contributed by atoms with Gasteiger partial charge in [0.1, 0.15) is 5.75 Å². The lowest BCUT2D eigenvalue weighted by molar-refractivity contribution is -0.136. The molecule has 3 rings (SSSR count). The number of nitrogens with one attached hydrogen (secondary N) is 2. The summed E-state index contributed by atoms with van der Waals surface area (Å²) in [6.45, 7) is 7.74. The summed E-state index contributed by atoms with van der Waals surface area (Å²) >= 11 is 0. The second-order valence-corrected chi connectivity index (χ2v) is 8.94. The topological polar surface area (TPSA) is 79.8 Å². The van der Waals surface area contributed by atoms with E-state index >= 15 is 0 Å². The van der Waals surface area contributed by atoms with Gasteiger partial charge in [-0.2, -0.15) is 0 Å². The number of aliphatic carboxylic acids is 1. The molecular formula is C28H38N2O4. The van der Waals surface area contributed by atoms with Crippen molar-refractivity contribution in [1.29, 1.82) is 0 Å². The third kappa shape index (κ3) is 7.34. The Bertz CT molecular complexity index is 967. The molecule has 2 aromatic rings. The number of methoxy groups -OCH3 is 1. The maximum absolute atomic E-state index is 10.7. The van der Waals surface area contributed by atoms with Gasteiger partial charge in [0.15, 0.2) is 0 Å². The fraction of sp³-hybridized carbons (Fsp3) is 0.464. The minimum absolute atomic E-state index is 0.118. The molecule has 6 nitrogen and oxygen atoms in total. The van der Waals surface area contributed by atoms with Gasteiger partial charge >= 0.3 is 5.97 Å². The number of hydroxylamine groups is 1. The largest absolute Gasteiger partial charge is 0.496 e. The third-order valence-electron chi connectivity index (χ3n) is 6.54. The van der Waals surface area contributed by atoms with Crippen LogP contribution in [0.25, 0.3) is 5.70 Å². The van der Waals surface area contributed by atoms with Crippen LogP contribution in [0.5, 0.6) is 5.75 Å². The van der Waals surface area contributed by atoms with Crippen molar-refractivity contribution < 1.29 is 19.5 Å². The fourth-order valence-corrected chi connectivity index (χ4v) is 4.60. The van der Waals surface area contributed by atoms with E-state index in [1.807, 2.05) is 6.07 Å². The number of carbonyl (C=O) groups is 1. The first kappa shape index (κ1) is 25.8. The van der Waals surface area contributed by atoms with Crippen LogP contribution in [0.1, 0.15) is 79.2 Å². The Morgan fingerprint density at radius 1 is 1.12 bits per heavy atom. The van der Waals surface area contributed by atoms with Crippen molar-refractivity contribution in [3.05, 3.63) is 70.8 Å². The second kappa shape index (κ2) is 13.2. The molecule has 3 N–H and O–H groups in total. The highest BCUT2D eigenvalue weighted by Gasteiger charge is 2.19. The molecule has 34 heavy (non-hydrogen) atoms. The molecule has 0 unspecified atom stereocenters. The molecule has 0 atom stereocenters. The van der Waals surface area contributed by atoms with Gasteiger partial charge in [-0.05, 0) is 65.1 Å². The number of benzene rings is 2. The highest BCUT2D eigenvalue weighted by atomic mass is 16.6. The second-order valence-electron chi connectivity index (χ2n) is 8.94. The zero-order valence-electron chi connectivity index (χ0n) is 20.5. The normalized spacial score (nSPS) is 14.1. The Kier molecular flexibility index (Phi) is 9.98. The van der Waals surface area contributed by atoms with Crippen molar-refractivity contribution in [2.75, 3.05) is 13.7 Å². The van der Waals surface area contributed by atoms with Gasteiger partial charge < -0.3 is 15.2 Å². The van der Waals surface area contributed by atoms with Crippen LogP contribution in [0.4, 0.5) is 0 Å². The number of carboxylic acids is 1. The molecule has 6 heteroatoms. The van der Waals surface area contributed by atoms with Crippen LogP contribution in [0.15, 0.2) is 43.0 Å². The summed E-state index contributed by atoms with van der Waals surface area (Å²) in [7, 11) is 1.74. The maximum Gasteiger partial charge on any atom is 0.304 e. The summed E-state index contributed by atoms with van der Waals surface area (Å²) in [5.41, 5.74) is 9.38. The Hall–Kier alpha value is -2.83. The maximum atomic E-state index is 10.7. The molecule has 1 aliphatic rings.